The highest BCUT2D eigenvalue weighted by Crippen LogP contribution is 2.33. The molecule has 2 aliphatic carbocycles. The number of carbonyl (C=O) groups excluding carboxylic acids is 1. The Kier molecular flexibility index (Phi) is 4.12. The standard InChI is InChI=1S/C18H28N4O2/c1-11-10-15-16(12(2)24-11)19-20-17(15)18(23)22(14-6-7-14)9-8-21(3)13-4-5-13/h11-14H,4-10H2,1-3H3,(H,19,20)/t11-,12+/m1/s1. The summed E-state index contributed by atoms with van der Waals surface area (Å²) >= 11 is 0. The SMILES string of the molecule is C[C@@H]1Cc2c(C(=O)N(CCN(C)C3CC3)C3CC3)n[nH]c2[C@H](C)O1. The van der Waals surface area contributed by atoms with E-state index in [1.807, 2.05) is 6.92 Å². The van der Waals surface area contributed by atoms with Crippen LogP contribution in [0.15, 0.2) is 0 Å². The number of aromatic amines is 1. The maximum absolute atomic E-state index is 13.2. The molecule has 2 heterocycles. The first kappa shape index (κ1) is 16.1. The molecule has 6 heteroatoms. The van der Waals surface area contributed by atoms with Gasteiger partial charge in [-0.3, -0.25) is 9.89 Å². The number of carbonyl (C=O) groups is 1. The minimum absolute atomic E-state index is 0.0202. The summed E-state index contributed by atoms with van der Waals surface area (Å²) in [6.45, 7) is 5.84. The minimum Gasteiger partial charge on any atom is -0.369 e. The highest BCUT2D eigenvalue weighted by atomic mass is 16.5. The number of fused-ring (bicyclic) bond motifs is 1. The van der Waals surface area contributed by atoms with E-state index < -0.39 is 0 Å². The number of ether oxygens (including phenoxy) is 1. The largest absolute Gasteiger partial charge is 0.369 e. The van der Waals surface area contributed by atoms with Gasteiger partial charge in [0.15, 0.2) is 5.69 Å². The van der Waals surface area contributed by atoms with Gasteiger partial charge in [0, 0.05) is 37.2 Å². The van der Waals surface area contributed by atoms with Crippen LogP contribution in [0.1, 0.15) is 67.4 Å². The first-order valence-corrected chi connectivity index (χ1v) is 9.28. The van der Waals surface area contributed by atoms with Crippen molar-refractivity contribution in [1.29, 1.82) is 0 Å². The monoisotopic (exact) mass is 332 g/mol. The zero-order valence-corrected chi connectivity index (χ0v) is 14.9. The summed E-state index contributed by atoms with van der Waals surface area (Å²) in [5.41, 5.74) is 2.66. The van der Waals surface area contributed by atoms with Crippen LogP contribution in [0, 0.1) is 0 Å². The first-order valence-electron chi connectivity index (χ1n) is 9.28. The topological polar surface area (TPSA) is 61.5 Å². The van der Waals surface area contributed by atoms with Crippen molar-refractivity contribution >= 4 is 5.91 Å². The van der Waals surface area contributed by atoms with Crippen molar-refractivity contribution in [2.75, 3.05) is 20.1 Å². The van der Waals surface area contributed by atoms with Crippen molar-refractivity contribution in [1.82, 2.24) is 20.0 Å². The zero-order chi connectivity index (χ0) is 16.8. The lowest BCUT2D eigenvalue weighted by Crippen LogP contribution is -2.40. The third kappa shape index (κ3) is 3.09. The summed E-state index contributed by atoms with van der Waals surface area (Å²) in [5, 5.41) is 7.43. The summed E-state index contributed by atoms with van der Waals surface area (Å²) in [6, 6.07) is 1.14. The van der Waals surface area contributed by atoms with Gasteiger partial charge in [0.05, 0.1) is 17.9 Å². The molecule has 3 aliphatic rings. The first-order chi connectivity index (χ1) is 11.5. The second-order valence-electron chi connectivity index (χ2n) is 7.70. The van der Waals surface area contributed by atoms with Gasteiger partial charge in [0.1, 0.15) is 0 Å². The minimum atomic E-state index is -0.0202. The van der Waals surface area contributed by atoms with E-state index in [9.17, 15) is 4.79 Å². The van der Waals surface area contributed by atoms with Crippen LogP contribution in [0.4, 0.5) is 0 Å². The summed E-state index contributed by atoms with van der Waals surface area (Å²) < 4.78 is 5.84. The molecule has 2 atom stereocenters. The Morgan fingerprint density at radius 1 is 1.21 bits per heavy atom. The van der Waals surface area contributed by atoms with Gasteiger partial charge in [-0.15, -0.1) is 0 Å². The molecule has 6 nitrogen and oxygen atoms in total. The van der Waals surface area contributed by atoms with Gasteiger partial charge < -0.3 is 14.5 Å². The molecule has 1 amide bonds. The Labute approximate surface area is 143 Å². The molecule has 2 fully saturated rings. The maximum atomic E-state index is 13.2. The predicted molar refractivity (Wildman–Crippen MR) is 91.0 cm³/mol. The molecule has 132 valence electrons. The van der Waals surface area contributed by atoms with Crippen LogP contribution in [-0.2, 0) is 11.2 Å². The molecule has 0 unspecified atom stereocenters. The number of hydrogen-bond acceptors (Lipinski definition) is 4. The number of nitrogens with one attached hydrogen (secondary N) is 1. The van der Waals surface area contributed by atoms with Crippen LogP contribution in [0.2, 0.25) is 0 Å². The number of rotatable bonds is 6. The molecule has 2 saturated carbocycles. The normalized spacial score (nSPS) is 26.5. The molecular formula is C18H28N4O2. The molecular weight excluding hydrogens is 304 g/mol. The Morgan fingerprint density at radius 2 is 1.92 bits per heavy atom. The molecule has 1 aromatic heterocycles. The molecule has 0 radical (unpaired) electrons. The Hall–Kier alpha value is -1.40. The van der Waals surface area contributed by atoms with Gasteiger partial charge >= 0.3 is 0 Å². The number of likely N-dealkylation sites (N-methyl/N-ethyl adjacent to an activating group) is 1. The van der Waals surface area contributed by atoms with Gasteiger partial charge in [-0.05, 0) is 46.6 Å². The van der Waals surface area contributed by atoms with E-state index in [4.69, 9.17) is 4.74 Å². The van der Waals surface area contributed by atoms with Crippen LogP contribution in [-0.4, -0.2) is 64.2 Å². The van der Waals surface area contributed by atoms with Crippen molar-refractivity contribution in [2.45, 2.75) is 70.2 Å². The third-order valence-corrected chi connectivity index (χ3v) is 5.55. The van der Waals surface area contributed by atoms with Crippen LogP contribution >= 0.6 is 0 Å². The van der Waals surface area contributed by atoms with Crippen LogP contribution in [0.25, 0.3) is 0 Å². The highest BCUT2D eigenvalue weighted by Gasteiger charge is 2.37. The average Bonchev–Trinajstić information content (AvgIpc) is 3.44. The molecule has 0 saturated heterocycles. The Bertz CT molecular complexity index is 621. The molecule has 1 aliphatic heterocycles. The van der Waals surface area contributed by atoms with E-state index in [1.54, 1.807) is 0 Å². The number of aromatic nitrogens is 2. The lowest BCUT2D eigenvalue weighted by Gasteiger charge is -2.27. The van der Waals surface area contributed by atoms with Gasteiger partial charge in [0.25, 0.3) is 5.91 Å². The number of amides is 1. The molecule has 0 bridgehead atoms. The van der Waals surface area contributed by atoms with E-state index >= 15 is 0 Å². The lowest BCUT2D eigenvalue weighted by atomic mass is 9.99. The summed E-state index contributed by atoms with van der Waals surface area (Å²) in [5.74, 6) is 0.0977. The Balaban J connectivity index is 1.50. The van der Waals surface area contributed by atoms with E-state index in [-0.39, 0.29) is 18.1 Å². The fourth-order valence-electron chi connectivity index (χ4n) is 3.79. The van der Waals surface area contributed by atoms with Crippen LogP contribution in [0.5, 0.6) is 0 Å². The van der Waals surface area contributed by atoms with Crippen molar-refractivity contribution < 1.29 is 9.53 Å². The highest BCUT2D eigenvalue weighted by molar-refractivity contribution is 5.94. The number of H-pyrrole nitrogens is 1. The summed E-state index contributed by atoms with van der Waals surface area (Å²) in [6.07, 6.45) is 5.73. The average molecular weight is 332 g/mol. The van der Waals surface area contributed by atoms with Crippen molar-refractivity contribution in [2.24, 2.45) is 0 Å². The predicted octanol–water partition coefficient (Wildman–Crippen LogP) is 2.13. The fraction of sp³-hybridized carbons (Fsp3) is 0.778. The lowest BCUT2D eigenvalue weighted by molar-refractivity contribution is -0.00702. The van der Waals surface area contributed by atoms with Crippen molar-refractivity contribution in [3.05, 3.63) is 17.0 Å². The van der Waals surface area contributed by atoms with Crippen LogP contribution < -0.4 is 0 Å². The van der Waals surface area contributed by atoms with E-state index in [2.05, 4.69) is 34.0 Å². The fourth-order valence-corrected chi connectivity index (χ4v) is 3.79. The molecule has 1 N–H and O–H groups in total. The van der Waals surface area contributed by atoms with E-state index in [0.717, 1.165) is 49.7 Å². The van der Waals surface area contributed by atoms with E-state index in [0.29, 0.717) is 11.7 Å². The third-order valence-electron chi connectivity index (χ3n) is 5.55. The van der Waals surface area contributed by atoms with Gasteiger partial charge in [-0.1, -0.05) is 0 Å². The number of hydrogen-bond donors (Lipinski definition) is 1. The van der Waals surface area contributed by atoms with Crippen molar-refractivity contribution in [3.63, 3.8) is 0 Å². The van der Waals surface area contributed by atoms with Gasteiger partial charge in [-0.2, -0.15) is 5.10 Å². The molecule has 0 spiro atoms. The van der Waals surface area contributed by atoms with Crippen LogP contribution in [0.3, 0.4) is 0 Å². The van der Waals surface area contributed by atoms with Crippen molar-refractivity contribution in [3.8, 4) is 0 Å². The van der Waals surface area contributed by atoms with Gasteiger partial charge in [-0.25, -0.2) is 0 Å². The molecule has 0 aromatic carbocycles. The maximum Gasteiger partial charge on any atom is 0.274 e. The zero-order valence-electron chi connectivity index (χ0n) is 14.9. The molecule has 1 aromatic rings. The second kappa shape index (κ2) is 6.15. The smallest absolute Gasteiger partial charge is 0.274 e. The summed E-state index contributed by atoms with van der Waals surface area (Å²) in [7, 11) is 2.17. The second-order valence-corrected chi connectivity index (χ2v) is 7.70. The Morgan fingerprint density at radius 3 is 2.58 bits per heavy atom. The summed E-state index contributed by atoms with van der Waals surface area (Å²) in [4.78, 5) is 17.6. The quantitative estimate of drug-likeness (QED) is 0.867. The molecule has 4 rings (SSSR count). The number of nitrogens with zero attached hydrogens (tertiary/aromatic N) is 3. The van der Waals surface area contributed by atoms with Gasteiger partial charge in [0.2, 0.25) is 0 Å². The molecule has 24 heavy (non-hydrogen) atoms. The van der Waals surface area contributed by atoms with E-state index in [1.165, 1.54) is 12.8 Å².